The molecule has 5 heteroatoms. The van der Waals surface area contributed by atoms with Crippen molar-refractivity contribution >= 4 is 5.97 Å². The molecule has 1 aromatic heterocycles. The molecule has 5 nitrogen and oxygen atoms in total. The van der Waals surface area contributed by atoms with Gasteiger partial charge in [-0.25, -0.2) is 4.79 Å². The maximum Gasteiger partial charge on any atom is 0.331 e. The van der Waals surface area contributed by atoms with Crippen molar-refractivity contribution in [3.8, 4) is 11.5 Å². The molecule has 0 fully saturated rings. The Morgan fingerprint density at radius 3 is 2.80 bits per heavy atom. The summed E-state index contributed by atoms with van der Waals surface area (Å²) in [5.41, 5.74) is 0.825. The minimum Gasteiger partial charge on any atom is -0.452 e. The molecular weight excluding hydrogens is 256 g/mol. The number of hydrogen-bond acceptors (Lipinski definition) is 5. The summed E-state index contributed by atoms with van der Waals surface area (Å²) in [7, 11) is 0. The Morgan fingerprint density at radius 2 is 2.05 bits per heavy atom. The Kier molecular flexibility index (Phi) is 4.83. The molecule has 0 saturated heterocycles. The van der Waals surface area contributed by atoms with Gasteiger partial charge in [0.05, 0.1) is 0 Å². The number of rotatable bonds is 5. The van der Waals surface area contributed by atoms with Crippen LogP contribution in [-0.2, 0) is 16.1 Å². The predicted molar refractivity (Wildman–Crippen MR) is 73.5 cm³/mol. The topological polar surface area (TPSA) is 65.2 Å². The van der Waals surface area contributed by atoms with Gasteiger partial charge >= 0.3 is 5.97 Å². The monoisotopic (exact) mass is 270 g/mol. The third-order valence-corrected chi connectivity index (χ3v) is 2.36. The minimum absolute atomic E-state index is 0.0428. The number of hydrogen-bond donors (Lipinski definition) is 0. The number of benzene rings is 1. The molecule has 2 rings (SSSR count). The summed E-state index contributed by atoms with van der Waals surface area (Å²) in [4.78, 5) is 11.3. The van der Waals surface area contributed by atoms with Crippen molar-refractivity contribution in [2.24, 2.45) is 0 Å². The van der Waals surface area contributed by atoms with Crippen LogP contribution in [0.1, 0.15) is 12.8 Å². The van der Waals surface area contributed by atoms with Crippen LogP contribution in [0, 0.1) is 0 Å². The first-order chi connectivity index (χ1) is 9.79. The molecule has 0 amide bonds. The van der Waals surface area contributed by atoms with E-state index in [4.69, 9.17) is 9.15 Å². The Labute approximate surface area is 116 Å². The molecule has 0 radical (unpaired) electrons. The van der Waals surface area contributed by atoms with Crippen molar-refractivity contribution in [2.45, 2.75) is 13.5 Å². The van der Waals surface area contributed by atoms with Gasteiger partial charge in [0.25, 0.3) is 5.89 Å². The quantitative estimate of drug-likeness (QED) is 0.475. The molecule has 0 spiro atoms. The minimum atomic E-state index is -0.456. The van der Waals surface area contributed by atoms with Crippen LogP contribution in [0.2, 0.25) is 0 Å². The summed E-state index contributed by atoms with van der Waals surface area (Å²) >= 11 is 0. The number of esters is 1. The smallest absolute Gasteiger partial charge is 0.331 e. The van der Waals surface area contributed by atoms with E-state index in [1.54, 1.807) is 12.2 Å². The lowest BCUT2D eigenvalue weighted by Crippen LogP contribution is -2.00. The molecule has 0 aliphatic carbocycles. The molecule has 0 saturated carbocycles. The second-order valence-electron chi connectivity index (χ2n) is 3.86. The Bertz CT molecular complexity index is 615. The third kappa shape index (κ3) is 3.91. The van der Waals surface area contributed by atoms with Gasteiger partial charge in [-0.05, 0) is 19.1 Å². The first kappa shape index (κ1) is 13.7. The number of carbonyl (C=O) groups is 1. The van der Waals surface area contributed by atoms with Crippen LogP contribution >= 0.6 is 0 Å². The zero-order chi connectivity index (χ0) is 14.2. The van der Waals surface area contributed by atoms with Gasteiger partial charge < -0.3 is 9.15 Å². The van der Waals surface area contributed by atoms with Gasteiger partial charge in [0, 0.05) is 11.6 Å². The summed E-state index contributed by atoms with van der Waals surface area (Å²) < 4.78 is 10.4. The number of nitrogens with zero attached hydrogens (tertiary/aromatic N) is 2. The summed E-state index contributed by atoms with van der Waals surface area (Å²) in [5, 5.41) is 7.73. The fraction of sp³-hybridized carbons (Fsp3) is 0.133. The van der Waals surface area contributed by atoms with Crippen molar-refractivity contribution < 1.29 is 13.9 Å². The Balaban J connectivity index is 1.92. The van der Waals surface area contributed by atoms with E-state index in [1.165, 1.54) is 6.08 Å². The highest BCUT2D eigenvalue weighted by molar-refractivity contribution is 5.82. The van der Waals surface area contributed by atoms with Crippen molar-refractivity contribution in [3.63, 3.8) is 0 Å². The summed E-state index contributed by atoms with van der Waals surface area (Å²) in [6.45, 7) is 1.82. The van der Waals surface area contributed by atoms with Crippen LogP contribution < -0.4 is 0 Å². The average molecular weight is 270 g/mol. The SMILES string of the molecule is C/C=C/C=C/C(=O)OCc1nnc(-c2ccccc2)o1. The lowest BCUT2D eigenvalue weighted by molar-refractivity contribution is -0.139. The summed E-state index contributed by atoms with van der Waals surface area (Å²) in [5.74, 6) is 0.209. The van der Waals surface area contributed by atoms with E-state index >= 15 is 0 Å². The Hall–Kier alpha value is -2.69. The first-order valence-corrected chi connectivity index (χ1v) is 6.13. The molecule has 0 atom stereocenters. The van der Waals surface area contributed by atoms with Crippen molar-refractivity contribution in [3.05, 3.63) is 60.5 Å². The van der Waals surface area contributed by atoms with E-state index in [9.17, 15) is 4.79 Å². The van der Waals surface area contributed by atoms with Crippen LogP contribution in [0.15, 0.2) is 59.1 Å². The molecule has 20 heavy (non-hydrogen) atoms. The second-order valence-corrected chi connectivity index (χ2v) is 3.86. The second kappa shape index (κ2) is 7.04. The maximum absolute atomic E-state index is 11.3. The first-order valence-electron chi connectivity index (χ1n) is 6.13. The van der Waals surface area contributed by atoms with E-state index in [0.717, 1.165) is 5.56 Å². The standard InChI is InChI=1S/C15H14N2O3/c1-2-3-5-10-14(18)19-11-13-16-17-15(20-13)12-8-6-4-7-9-12/h2-10H,11H2,1H3/b3-2+,10-5+. The van der Waals surface area contributed by atoms with Crippen LogP contribution in [0.3, 0.4) is 0 Å². The van der Waals surface area contributed by atoms with Crippen molar-refractivity contribution in [2.75, 3.05) is 0 Å². The maximum atomic E-state index is 11.3. The highest BCUT2D eigenvalue weighted by atomic mass is 16.5. The van der Waals surface area contributed by atoms with E-state index in [-0.39, 0.29) is 12.5 Å². The van der Waals surface area contributed by atoms with Gasteiger partial charge in [0.1, 0.15) is 0 Å². The molecule has 0 aliphatic rings. The third-order valence-electron chi connectivity index (χ3n) is 2.36. The zero-order valence-corrected chi connectivity index (χ0v) is 11.0. The van der Waals surface area contributed by atoms with E-state index in [0.29, 0.717) is 5.89 Å². The van der Waals surface area contributed by atoms with E-state index < -0.39 is 5.97 Å². The molecule has 0 bridgehead atoms. The number of carbonyl (C=O) groups excluding carboxylic acids is 1. The molecule has 1 heterocycles. The van der Waals surface area contributed by atoms with Gasteiger partial charge in [-0.3, -0.25) is 0 Å². The van der Waals surface area contributed by atoms with Crippen LogP contribution in [0.25, 0.3) is 11.5 Å². The van der Waals surface area contributed by atoms with Gasteiger partial charge in [0.2, 0.25) is 5.89 Å². The van der Waals surface area contributed by atoms with Gasteiger partial charge in [-0.2, -0.15) is 0 Å². The molecule has 0 unspecified atom stereocenters. The van der Waals surface area contributed by atoms with Crippen LogP contribution in [-0.4, -0.2) is 16.2 Å². The normalized spacial score (nSPS) is 11.2. The van der Waals surface area contributed by atoms with E-state index in [1.807, 2.05) is 43.3 Å². The molecule has 2 aromatic rings. The van der Waals surface area contributed by atoms with Crippen molar-refractivity contribution in [1.82, 2.24) is 10.2 Å². The fourth-order valence-corrected chi connectivity index (χ4v) is 1.44. The van der Waals surface area contributed by atoms with E-state index in [2.05, 4.69) is 10.2 Å². The van der Waals surface area contributed by atoms with Crippen molar-refractivity contribution in [1.29, 1.82) is 0 Å². The van der Waals surface area contributed by atoms with Gasteiger partial charge in [-0.15, -0.1) is 10.2 Å². The summed E-state index contributed by atoms with van der Waals surface area (Å²) in [6, 6.07) is 9.39. The molecular formula is C15H14N2O3. The molecule has 1 aromatic carbocycles. The largest absolute Gasteiger partial charge is 0.452 e. The number of aromatic nitrogens is 2. The Morgan fingerprint density at radius 1 is 1.25 bits per heavy atom. The van der Waals surface area contributed by atoms with Gasteiger partial charge in [0.15, 0.2) is 6.61 Å². The highest BCUT2D eigenvalue weighted by Gasteiger charge is 2.09. The molecule has 0 N–H and O–H groups in total. The average Bonchev–Trinajstić information content (AvgIpc) is 2.95. The lowest BCUT2D eigenvalue weighted by atomic mass is 10.2. The molecule has 0 aliphatic heterocycles. The number of allylic oxidation sites excluding steroid dienone is 3. The van der Waals surface area contributed by atoms with Gasteiger partial charge in [-0.1, -0.05) is 36.4 Å². The highest BCUT2D eigenvalue weighted by Crippen LogP contribution is 2.17. The predicted octanol–water partition coefficient (Wildman–Crippen LogP) is 2.91. The zero-order valence-electron chi connectivity index (χ0n) is 11.0. The lowest BCUT2D eigenvalue weighted by Gasteiger charge is -1.96. The number of ether oxygens (including phenoxy) is 1. The van der Waals surface area contributed by atoms with Crippen LogP contribution in [0.5, 0.6) is 0 Å². The fourth-order valence-electron chi connectivity index (χ4n) is 1.44. The van der Waals surface area contributed by atoms with Crippen LogP contribution in [0.4, 0.5) is 0 Å². The summed E-state index contributed by atoms with van der Waals surface area (Å²) in [6.07, 6.45) is 6.48. The molecule has 102 valence electrons.